The molecule has 0 aliphatic carbocycles. The van der Waals surface area contributed by atoms with Crippen LogP contribution in [0.4, 0.5) is 14.5 Å². The number of rotatable bonds is 7. The van der Waals surface area contributed by atoms with Crippen LogP contribution in [0.3, 0.4) is 0 Å². The standard InChI is InChI=1S/C27H23F2N3O5S3/c1-27(2,3)23-17(13-4-7-18(28)19(29)8-13)10-15(39-23)11-21-24(35)32(26(38)40-21)30-12-22(34)31-14-5-6-16(25(36)37)20(33)9-14/h4-11,30,33H,12H2,1-3H3,(H,31,34)(H,36,37). The molecular weight excluding hydrogens is 581 g/mol. The highest BCUT2D eigenvalue weighted by Gasteiger charge is 2.33. The van der Waals surface area contributed by atoms with Crippen LogP contribution in [0.25, 0.3) is 17.2 Å². The third-order valence-corrected chi connectivity index (χ3v) is 8.45. The lowest BCUT2D eigenvalue weighted by molar-refractivity contribution is -0.124. The quantitative estimate of drug-likeness (QED) is 0.200. The number of carboxylic acids is 1. The molecule has 0 atom stereocenters. The Kier molecular flexibility index (Phi) is 8.40. The van der Waals surface area contributed by atoms with Gasteiger partial charge in [-0.3, -0.25) is 9.59 Å². The maximum absolute atomic E-state index is 14.0. The van der Waals surface area contributed by atoms with E-state index in [-0.39, 0.29) is 27.5 Å². The van der Waals surface area contributed by atoms with Gasteiger partial charge in [0, 0.05) is 21.5 Å². The Morgan fingerprint density at radius 1 is 1.10 bits per heavy atom. The number of carboxylic acid groups (broad SMARTS) is 1. The summed E-state index contributed by atoms with van der Waals surface area (Å²) >= 11 is 7.78. The minimum absolute atomic E-state index is 0.170. The molecule has 0 saturated carbocycles. The molecule has 0 spiro atoms. The van der Waals surface area contributed by atoms with Gasteiger partial charge in [0.15, 0.2) is 16.0 Å². The molecule has 4 N–H and O–H groups in total. The largest absolute Gasteiger partial charge is 0.507 e. The first kappa shape index (κ1) is 29.3. The van der Waals surface area contributed by atoms with Crippen molar-refractivity contribution in [3.8, 4) is 16.9 Å². The number of thiocarbonyl (C=S) groups is 1. The molecule has 2 heterocycles. The van der Waals surface area contributed by atoms with Gasteiger partial charge in [-0.25, -0.2) is 24.0 Å². The lowest BCUT2D eigenvalue weighted by Crippen LogP contribution is -2.44. The van der Waals surface area contributed by atoms with E-state index >= 15 is 0 Å². The fourth-order valence-electron chi connectivity index (χ4n) is 3.80. The molecule has 13 heteroatoms. The van der Waals surface area contributed by atoms with Crippen LogP contribution in [0, 0.1) is 11.6 Å². The highest BCUT2D eigenvalue weighted by molar-refractivity contribution is 8.26. The second-order valence-corrected chi connectivity index (χ2v) is 12.5. The molecule has 1 saturated heterocycles. The zero-order valence-electron chi connectivity index (χ0n) is 21.4. The fraction of sp³-hybridized carbons (Fsp3) is 0.185. The van der Waals surface area contributed by atoms with E-state index < -0.39 is 35.2 Å². The molecule has 1 fully saturated rings. The minimum atomic E-state index is -1.31. The molecular formula is C27H23F2N3O5S3. The number of halogens is 2. The van der Waals surface area contributed by atoms with Gasteiger partial charge in [0.2, 0.25) is 5.91 Å². The first-order valence-electron chi connectivity index (χ1n) is 11.7. The van der Waals surface area contributed by atoms with Crippen molar-refractivity contribution in [3.05, 3.63) is 74.3 Å². The number of anilines is 1. The normalized spacial score (nSPS) is 14.7. The van der Waals surface area contributed by atoms with E-state index in [9.17, 15) is 28.3 Å². The van der Waals surface area contributed by atoms with E-state index in [4.69, 9.17) is 17.3 Å². The molecule has 0 unspecified atom stereocenters. The van der Waals surface area contributed by atoms with Gasteiger partial charge in [0.1, 0.15) is 11.3 Å². The number of carbonyl (C=O) groups is 3. The van der Waals surface area contributed by atoms with Crippen molar-refractivity contribution in [3.63, 3.8) is 0 Å². The topological polar surface area (TPSA) is 119 Å². The number of benzene rings is 2. The van der Waals surface area contributed by atoms with E-state index in [1.54, 1.807) is 6.08 Å². The Balaban J connectivity index is 1.48. The Morgan fingerprint density at radius 2 is 1.82 bits per heavy atom. The van der Waals surface area contributed by atoms with Crippen LogP contribution in [0.2, 0.25) is 0 Å². The number of amides is 2. The van der Waals surface area contributed by atoms with E-state index in [1.807, 2.05) is 26.8 Å². The lowest BCUT2D eigenvalue weighted by atomic mass is 9.89. The van der Waals surface area contributed by atoms with Crippen LogP contribution >= 0.6 is 35.3 Å². The van der Waals surface area contributed by atoms with Gasteiger partial charge < -0.3 is 15.5 Å². The number of carbonyl (C=O) groups excluding carboxylic acids is 2. The maximum atomic E-state index is 14.0. The Morgan fingerprint density at radius 3 is 2.45 bits per heavy atom. The van der Waals surface area contributed by atoms with Crippen molar-refractivity contribution in [2.45, 2.75) is 26.2 Å². The number of phenols is 1. The van der Waals surface area contributed by atoms with E-state index in [0.717, 1.165) is 51.5 Å². The van der Waals surface area contributed by atoms with Crippen LogP contribution < -0.4 is 10.7 Å². The summed E-state index contributed by atoms with van der Waals surface area (Å²) in [5, 5.41) is 22.3. The summed E-state index contributed by atoms with van der Waals surface area (Å²) in [5.74, 6) is -4.73. The first-order chi connectivity index (χ1) is 18.7. The van der Waals surface area contributed by atoms with Crippen molar-refractivity contribution in [1.82, 2.24) is 10.4 Å². The average Bonchev–Trinajstić information content (AvgIpc) is 3.40. The minimum Gasteiger partial charge on any atom is -0.507 e. The molecule has 3 aromatic rings. The summed E-state index contributed by atoms with van der Waals surface area (Å²) in [5.41, 5.74) is 3.48. The Hall–Kier alpha value is -3.65. The van der Waals surface area contributed by atoms with Gasteiger partial charge >= 0.3 is 5.97 Å². The van der Waals surface area contributed by atoms with Crippen molar-refractivity contribution >= 4 is 69.2 Å². The number of aromatic hydroxyl groups is 1. The van der Waals surface area contributed by atoms with E-state index in [2.05, 4.69) is 10.7 Å². The van der Waals surface area contributed by atoms with Gasteiger partial charge in [0.25, 0.3) is 5.91 Å². The van der Waals surface area contributed by atoms with Crippen molar-refractivity contribution in [2.75, 3.05) is 11.9 Å². The molecule has 4 rings (SSSR count). The van der Waals surface area contributed by atoms with Crippen LogP contribution in [0.15, 0.2) is 47.4 Å². The monoisotopic (exact) mass is 603 g/mol. The summed E-state index contributed by atoms with van der Waals surface area (Å²) < 4.78 is 27.7. The molecule has 40 heavy (non-hydrogen) atoms. The number of aromatic carboxylic acids is 1. The summed E-state index contributed by atoms with van der Waals surface area (Å²) in [6, 6.07) is 9.13. The second-order valence-electron chi connectivity index (χ2n) is 9.71. The SMILES string of the molecule is CC(C)(C)c1sc(C=C2SC(=S)N(NCC(=O)Nc3ccc(C(=O)O)c(O)c3)C2=O)cc1-c1ccc(F)c(F)c1. The number of hydrogen-bond donors (Lipinski definition) is 4. The molecule has 1 aliphatic heterocycles. The molecule has 2 aromatic carbocycles. The van der Waals surface area contributed by atoms with Crippen LogP contribution in [0.1, 0.15) is 40.9 Å². The third kappa shape index (κ3) is 6.39. The van der Waals surface area contributed by atoms with Gasteiger partial charge in [-0.1, -0.05) is 50.8 Å². The number of thiophene rings is 1. The highest BCUT2D eigenvalue weighted by Crippen LogP contribution is 2.42. The molecule has 1 aromatic heterocycles. The van der Waals surface area contributed by atoms with E-state index in [0.29, 0.717) is 15.3 Å². The van der Waals surface area contributed by atoms with Crippen molar-refractivity contribution < 1.29 is 33.4 Å². The molecule has 0 radical (unpaired) electrons. The van der Waals surface area contributed by atoms with Crippen LogP contribution in [0.5, 0.6) is 5.75 Å². The number of hydrazine groups is 1. The molecule has 1 aliphatic rings. The van der Waals surface area contributed by atoms with Gasteiger partial charge in [-0.2, -0.15) is 0 Å². The van der Waals surface area contributed by atoms with Gasteiger partial charge in [-0.15, -0.1) is 11.3 Å². The zero-order chi connectivity index (χ0) is 29.4. The second kappa shape index (κ2) is 11.5. The lowest BCUT2D eigenvalue weighted by Gasteiger charge is -2.19. The van der Waals surface area contributed by atoms with Crippen LogP contribution in [-0.4, -0.2) is 43.9 Å². The number of nitrogens with zero attached hydrogens (tertiary/aromatic N) is 1. The molecule has 2 amide bonds. The predicted octanol–water partition coefficient (Wildman–Crippen LogP) is 5.74. The van der Waals surface area contributed by atoms with Crippen LogP contribution in [-0.2, 0) is 15.0 Å². The maximum Gasteiger partial charge on any atom is 0.339 e. The summed E-state index contributed by atoms with van der Waals surface area (Å²) in [7, 11) is 0. The first-order valence-corrected chi connectivity index (χ1v) is 13.8. The smallest absolute Gasteiger partial charge is 0.339 e. The van der Waals surface area contributed by atoms with Crippen molar-refractivity contribution in [2.24, 2.45) is 0 Å². The Bertz CT molecular complexity index is 1580. The molecule has 8 nitrogen and oxygen atoms in total. The Labute approximate surface area is 241 Å². The third-order valence-electron chi connectivity index (χ3n) is 5.64. The zero-order valence-corrected chi connectivity index (χ0v) is 23.8. The van der Waals surface area contributed by atoms with Crippen molar-refractivity contribution in [1.29, 1.82) is 0 Å². The number of nitrogens with one attached hydrogen (secondary N) is 2. The number of thioether (sulfide) groups is 1. The average molecular weight is 604 g/mol. The van der Waals surface area contributed by atoms with E-state index in [1.165, 1.54) is 23.5 Å². The summed E-state index contributed by atoms with van der Waals surface area (Å²) in [6.45, 7) is 5.67. The summed E-state index contributed by atoms with van der Waals surface area (Å²) in [6.07, 6.45) is 1.66. The predicted molar refractivity (Wildman–Crippen MR) is 155 cm³/mol. The summed E-state index contributed by atoms with van der Waals surface area (Å²) in [4.78, 5) is 38.4. The highest BCUT2D eigenvalue weighted by atomic mass is 32.2. The molecule has 208 valence electrons. The van der Waals surface area contributed by atoms with Gasteiger partial charge in [0.05, 0.1) is 11.4 Å². The number of hydrogen-bond acceptors (Lipinski definition) is 8. The van der Waals surface area contributed by atoms with Gasteiger partial charge in [-0.05, 0) is 52.9 Å². The fourth-order valence-corrected chi connectivity index (χ4v) is 6.26. The molecule has 0 bridgehead atoms.